The quantitative estimate of drug-likeness (QED) is 0.924. The molecular weight excluding hydrogens is 287 g/mol. The number of thiazole rings is 1. The summed E-state index contributed by atoms with van der Waals surface area (Å²) in [5.41, 5.74) is -0.957. The highest BCUT2D eigenvalue weighted by Crippen LogP contribution is 2.38. The molecule has 114 valence electrons. The highest BCUT2D eigenvalue weighted by atomic mass is 32.1. The first kappa shape index (κ1) is 15.6. The molecule has 1 aromatic rings. The average Bonchev–Trinajstić information content (AvgIpc) is 2.93. The highest BCUT2D eigenvalue weighted by Gasteiger charge is 2.38. The summed E-state index contributed by atoms with van der Waals surface area (Å²) in [5, 5.41) is 3.61. The van der Waals surface area contributed by atoms with Gasteiger partial charge in [0.1, 0.15) is 0 Å². The summed E-state index contributed by atoms with van der Waals surface area (Å²) in [7, 11) is 0. The molecule has 1 aliphatic rings. The number of hydrogen-bond donors (Lipinski definition) is 1. The molecule has 2 rings (SSSR count). The number of hydrogen-bond acceptors (Lipinski definition) is 4. The Morgan fingerprint density at radius 3 is 2.30 bits per heavy atom. The summed E-state index contributed by atoms with van der Waals surface area (Å²) >= 11 is 1.16. The van der Waals surface area contributed by atoms with Gasteiger partial charge in [-0.15, -0.1) is 0 Å². The maximum atomic E-state index is 13.1. The molecule has 0 aromatic carbocycles. The van der Waals surface area contributed by atoms with E-state index < -0.39 is 11.9 Å². The number of alkyl halides is 3. The summed E-state index contributed by atoms with van der Waals surface area (Å²) in [4.78, 5) is 6.06. The van der Waals surface area contributed by atoms with E-state index in [2.05, 4.69) is 10.3 Å². The van der Waals surface area contributed by atoms with Gasteiger partial charge in [-0.2, -0.15) is 13.2 Å². The minimum atomic E-state index is -4.39. The van der Waals surface area contributed by atoms with Crippen molar-refractivity contribution in [1.29, 1.82) is 0 Å². The Hall–Kier alpha value is -0.820. The van der Waals surface area contributed by atoms with Crippen LogP contribution in [0.15, 0.2) is 0 Å². The van der Waals surface area contributed by atoms with Crippen molar-refractivity contribution in [2.45, 2.75) is 51.9 Å². The van der Waals surface area contributed by atoms with Crippen molar-refractivity contribution in [3.05, 3.63) is 10.6 Å². The molecule has 1 saturated heterocycles. The largest absolute Gasteiger partial charge is 0.434 e. The molecule has 0 amide bonds. The maximum Gasteiger partial charge on any atom is 0.434 e. The van der Waals surface area contributed by atoms with Gasteiger partial charge >= 0.3 is 6.18 Å². The fraction of sp³-hybridized carbons (Fsp3) is 0.769. The second kappa shape index (κ2) is 5.52. The van der Waals surface area contributed by atoms with Crippen LogP contribution in [0.4, 0.5) is 18.3 Å². The van der Waals surface area contributed by atoms with Gasteiger partial charge in [0.15, 0.2) is 10.8 Å². The van der Waals surface area contributed by atoms with Gasteiger partial charge < -0.3 is 10.2 Å². The van der Waals surface area contributed by atoms with Crippen LogP contribution in [0.5, 0.6) is 0 Å². The van der Waals surface area contributed by atoms with E-state index in [0.717, 1.165) is 37.3 Å². The summed E-state index contributed by atoms with van der Waals surface area (Å²) in [6.07, 6.45) is -2.34. The van der Waals surface area contributed by atoms with Crippen LogP contribution in [0.1, 0.15) is 44.2 Å². The number of aromatic nitrogens is 1. The summed E-state index contributed by atoms with van der Waals surface area (Å²) in [6.45, 7) is 7.60. The van der Waals surface area contributed by atoms with Crippen LogP contribution < -0.4 is 10.2 Å². The van der Waals surface area contributed by atoms with Crippen LogP contribution in [0.25, 0.3) is 0 Å². The molecule has 2 heterocycles. The molecule has 0 radical (unpaired) electrons. The van der Waals surface area contributed by atoms with Crippen molar-refractivity contribution < 1.29 is 13.2 Å². The van der Waals surface area contributed by atoms with Crippen LogP contribution in [0.2, 0.25) is 0 Å². The Morgan fingerprint density at radius 2 is 1.80 bits per heavy atom. The summed E-state index contributed by atoms with van der Waals surface area (Å²) in [5.74, 6) is 0. The monoisotopic (exact) mass is 307 g/mol. The van der Waals surface area contributed by atoms with E-state index in [0.29, 0.717) is 5.13 Å². The summed E-state index contributed by atoms with van der Waals surface area (Å²) in [6, 6.07) is 0. The molecular formula is C13H20F3N3S. The number of nitrogens with zero attached hydrogens (tertiary/aromatic N) is 2. The lowest BCUT2D eigenvalue weighted by atomic mass is 10.1. The SMILES string of the molecule is CC(C)(C)NCc1sc(N2CCCC2)nc1C(F)(F)F. The van der Waals surface area contributed by atoms with E-state index in [1.54, 1.807) is 0 Å². The first-order valence-corrected chi connectivity index (χ1v) is 7.55. The van der Waals surface area contributed by atoms with Crippen molar-refractivity contribution in [3.63, 3.8) is 0 Å². The highest BCUT2D eigenvalue weighted by molar-refractivity contribution is 7.15. The first-order valence-electron chi connectivity index (χ1n) is 6.74. The Bertz CT molecular complexity index is 456. The first-order chi connectivity index (χ1) is 9.17. The smallest absolute Gasteiger partial charge is 0.348 e. The molecule has 0 unspecified atom stereocenters. The van der Waals surface area contributed by atoms with Crippen LogP contribution in [0.3, 0.4) is 0 Å². The molecule has 1 fully saturated rings. The van der Waals surface area contributed by atoms with Gasteiger partial charge in [-0.05, 0) is 33.6 Å². The molecule has 1 N–H and O–H groups in total. The van der Waals surface area contributed by atoms with Gasteiger partial charge in [-0.25, -0.2) is 4.98 Å². The third-order valence-corrected chi connectivity index (χ3v) is 4.23. The van der Waals surface area contributed by atoms with E-state index in [1.165, 1.54) is 0 Å². The van der Waals surface area contributed by atoms with Crippen LogP contribution in [-0.4, -0.2) is 23.6 Å². The number of anilines is 1. The van der Waals surface area contributed by atoms with Crippen LogP contribution >= 0.6 is 11.3 Å². The Balaban J connectivity index is 2.23. The molecule has 0 aliphatic carbocycles. The van der Waals surface area contributed by atoms with Gasteiger partial charge in [0.05, 0.1) is 4.88 Å². The van der Waals surface area contributed by atoms with Crippen LogP contribution in [0, 0.1) is 0 Å². The van der Waals surface area contributed by atoms with Crippen molar-refractivity contribution in [3.8, 4) is 0 Å². The lowest BCUT2D eigenvalue weighted by Gasteiger charge is -2.20. The Kier molecular flexibility index (Phi) is 4.30. The Morgan fingerprint density at radius 1 is 1.20 bits per heavy atom. The van der Waals surface area contributed by atoms with E-state index in [9.17, 15) is 13.2 Å². The zero-order valence-corrected chi connectivity index (χ0v) is 12.8. The number of nitrogens with one attached hydrogen (secondary N) is 1. The van der Waals surface area contributed by atoms with E-state index in [1.807, 2.05) is 25.7 Å². The normalized spacial score (nSPS) is 17.0. The standard InChI is InChI=1S/C13H20F3N3S/c1-12(2,3)17-8-9-10(13(14,15)16)18-11(20-9)19-6-4-5-7-19/h17H,4-8H2,1-3H3. The number of rotatable bonds is 3. The van der Waals surface area contributed by atoms with Crippen molar-refractivity contribution in [2.75, 3.05) is 18.0 Å². The third kappa shape index (κ3) is 3.85. The van der Waals surface area contributed by atoms with Crippen molar-refractivity contribution in [1.82, 2.24) is 10.3 Å². The van der Waals surface area contributed by atoms with Gasteiger partial charge in [-0.3, -0.25) is 0 Å². The molecule has 0 spiro atoms. The molecule has 7 heteroatoms. The molecule has 0 atom stereocenters. The molecule has 3 nitrogen and oxygen atoms in total. The fourth-order valence-corrected chi connectivity index (χ4v) is 3.14. The molecule has 20 heavy (non-hydrogen) atoms. The minimum Gasteiger partial charge on any atom is -0.348 e. The van der Waals surface area contributed by atoms with Gasteiger partial charge in [0.2, 0.25) is 0 Å². The van der Waals surface area contributed by atoms with Gasteiger partial charge in [0.25, 0.3) is 0 Å². The minimum absolute atomic E-state index is 0.198. The van der Waals surface area contributed by atoms with Crippen LogP contribution in [-0.2, 0) is 12.7 Å². The van der Waals surface area contributed by atoms with Crippen molar-refractivity contribution >= 4 is 16.5 Å². The predicted octanol–water partition coefficient (Wildman–Crippen LogP) is 3.65. The molecule has 1 aromatic heterocycles. The van der Waals surface area contributed by atoms with E-state index in [4.69, 9.17) is 0 Å². The zero-order valence-electron chi connectivity index (χ0n) is 12.0. The van der Waals surface area contributed by atoms with E-state index in [-0.39, 0.29) is 17.0 Å². The third-order valence-electron chi connectivity index (χ3n) is 3.11. The average molecular weight is 307 g/mol. The lowest BCUT2D eigenvalue weighted by Crippen LogP contribution is -2.35. The predicted molar refractivity (Wildman–Crippen MR) is 75.2 cm³/mol. The second-order valence-electron chi connectivity index (χ2n) is 6.06. The van der Waals surface area contributed by atoms with Crippen molar-refractivity contribution in [2.24, 2.45) is 0 Å². The number of halogens is 3. The Labute approximate surface area is 121 Å². The summed E-state index contributed by atoms with van der Waals surface area (Å²) < 4.78 is 39.2. The van der Waals surface area contributed by atoms with E-state index >= 15 is 0 Å². The topological polar surface area (TPSA) is 28.2 Å². The second-order valence-corrected chi connectivity index (χ2v) is 7.13. The fourth-order valence-electron chi connectivity index (χ4n) is 2.07. The molecule has 0 saturated carbocycles. The lowest BCUT2D eigenvalue weighted by molar-refractivity contribution is -0.141. The van der Waals surface area contributed by atoms with Gasteiger partial charge in [0, 0.05) is 25.2 Å². The zero-order chi connectivity index (χ0) is 15.0. The maximum absolute atomic E-state index is 13.1. The molecule has 1 aliphatic heterocycles. The molecule has 0 bridgehead atoms. The van der Waals surface area contributed by atoms with Gasteiger partial charge in [-0.1, -0.05) is 11.3 Å².